The Balaban J connectivity index is 1.39. The highest BCUT2D eigenvalue weighted by molar-refractivity contribution is 5.94. The highest BCUT2D eigenvalue weighted by Crippen LogP contribution is 2.28. The van der Waals surface area contributed by atoms with Crippen molar-refractivity contribution in [2.24, 2.45) is 0 Å². The Morgan fingerprint density at radius 2 is 1.73 bits per heavy atom. The fourth-order valence-electron chi connectivity index (χ4n) is 4.27. The van der Waals surface area contributed by atoms with Gasteiger partial charge in [-0.3, -0.25) is 4.79 Å². The van der Waals surface area contributed by atoms with E-state index in [1.807, 2.05) is 12.1 Å². The molecule has 0 radical (unpaired) electrons. The summed E-state index contributed by atoms with van der Waals surface area (Å²) in [5.74, 6) is 0.0757. The predicted octanol–water partition coefficient (Wildman–Crippen LogP) is 4.70. The number of hydrogen-bond donors (Lipinski definition) is 1. The fourth-order valence-corrected chi connectivity index (χ4v) is 4.27. The molecule has 1 heterocycles. The molecular weight excluding hydrogens is 320 g/mol. The van der Waals surface area contributed by atoms with Gasteiger partial charge in [0, 0.05) is 30.4 Å². The van der Waals surface area contributed by atoms with E-state index in [0.717, 1.165) is 31.5 Å². The molecule has 2 aromatic rings. The lowest BCUT2D eigenvalue weighted by Gasteiger charge is -2.31. The lowest BCUT2D eigenvalue weighted by atomic mass is 9.95. The molecule has 4 rings (SSSR count). The summed E-state index contributed by atoms with van der Waals surface area (Å²) in [5, 5.41) is 3.20. The third-order valence-electron chi connectivity index (χ3n) is 5.74. The largest absolute Gasteiger partial charge is 0.367 e. The summed E-state index contributed by atoms with van der Waals surface area (Å²) >= 11 is 0. The van der Waals surface area contributed by atoms with Crippen LogP contribution in [0.2, 0.25) is 0 Å². The van der Waals surface area contributed by atoms with Crippen molar-refractivity contribution in [3.63, 3.8) is 0 Å². The molecule has 0 atom stereocenters. The van der Waals surface area contributed by atoms with Crippen molar-refractivity contribution in [3.05, 3.63) is 65.2 Å². The van der Waals surface area contributed by atoms with Crippen LogP contribution in [-0.4, -0.2) is 18.5 Å². The molecule has 1 amide bonds. The van der Waals surface area contributed by atoms with Crippen molar-refractivity contribution >= 4 is 11.6 Å². The van der Waals surface area contributed by atoms with Crippen LogP contribution in [0.1, 0.15) is 60.0 Å². The Morgan fingerprint density at radius 1 is 0.962 bits per heavy atom. The highest BCUT2D eigenvalue weighted by atomic mass is 16.1. The van der Waals surface area contributed by atoms with Crippen molar-refractivity contribution < 1.29 is 4.79 Å². The van der Waals surface area contributed by atoms with E-state index in [4.69, 9.17) is 0 Å². The molecule has 1 saturated carbocycles. The van der Waals surface area contributed by atoms with Gasteiger partial charge in [0.05, 0.1) is 0 Å². The van der Waals surface area contributed by atoms with Crippen LogP contribution in [-0.2, 0) is 13.0 Å². The van der Waals surface area contributed by atoms with Crippen molar-refractivity contribution in [2.75, 3.05) is 11.4 Å². The average Bonchev–Trinajstić information content (AvgIpc) is 2.70. The Labute approximate surface area is 156 Å². The number of benzene rings is 2. The number of carbonyl (C=O) groups excluding carboxylic acids is 1. The van der Waals surface area contributed by atoms with Crippen LogP contribution in [0.15, 0.2) is 48.5 Å². The van der Waals surface area contributed by atoms with Crippen molar-refractivity contribution in [1.29, 1.82) is 0 Å². The van der Waals surface area contributed by atoms with Crippen molar-refractivity contribution in [3.8, 4) is 0 Å². The molecule has 0 bridgehead atoms. The molecule has 1 N–H and O–H groups in total. The number of hydrogen-bond acceptors (Lipinski definition) is 2. The Hall–Kier alpha value is -2.29. The topological polar surface area (TPSA) is 32.3 Å². The summed E-state index contributed by atoms with van der Waals surface area (Å²) in [6.07, 6.45) is 8.41. The number of aryl methyl sites for hydroxylation is 1. The minimum atomic E-state index is 0.0757. The molecular formula is C23H28N2O. The first-order valence-electron chi connectivity index (χ1n) is 10.0. The van der Waals surface area contributed by atoms with Crippen molar-refractivity contribution in [2.45, 2.75) is 57.5 Å². The zero-order valence-electron chi connectivity index (χ0n) is 15.4. The quantitative estimate of drug-likeness (QED) is 0.868. The number of rotatable bonds is 4. The maximum absolute atomic E-state index is 12.5. The van der Waals surface area contributed by atoms with E-state index < -0.39 is 0 Å². The van der Waals surface area contributed by atoms with Gasteiger partial charge in [0.15, 0.2) is 0 Å². The lowest BCUT2D eigenvalue weighted by Crippen LogP contribution is -2.36. The van der Waals surface area contributed by atoms with E-state index >= 15 is 0 Å². The highest BCUT2D eigenvalue weighted by Gasteiger charge is 2.18. The lowest BCUT2D eigenvalue weighted by molar-refractivity contribution is 0.0927. The first-order valence-corrected chi connectivity index (χ1v) is 10.0. The summed E-state index contributed by atoms with van der Waals surface area (Å²) in [6, 6.07) is 17.2. The number of para-hydroxylation sites is 1. The zero-order valence-corrected chi connectivity index (χ0v) is 15.4. The van der Waals surface area contributed by atoms with E-state index in [2.05, 4.69) is 46.6 Å². The molecule has 2 aromatic carbocycles. The molecule has 1 fully saturated rings. The van der Waals surface area contributed by atoms with Gasteiger partial charge in [0.1, 0.15) is 0 Å². The Morgan fingerprint density at radius 3 is 2.54 bits per heavy atom. The van der Waals surface area contributed by atoms with E-state index in [1.165, 1.54) is 48.9 Å². The number of nitrogens with one attached hydrogen (secondary N) is 1. The molecule has 0 unspecified atom stereocenters. The van der Waals surface area contributed by atoms with Crippen LogP contribution < -0.4 is 10.2 Å². The molecule has 0 saturated heterocycles. The molecule has 2 aliphatic rings. The van der Waals surface area contributed by atoms with Crippen LogP contribution in [0, 0.1) is 0 Å². The van der Waals surface area contributed by atoms with Gasteiger partial charge in [-0.1, -0.05) is 49.6 Å². The summed E-state index contributed by atoms with van der Waals surface area (Å²) in [6.45, 7) is 2.00. The maximum Gasteiger partial charge on any atom is 0.251 e. The number of anilines is 1. The minimum absolute atomic E-state index is 0.0757. The van der Waals surface area contributed by atoms with Crippen molar-refractivity contribution in [1.82, 2.24) is 5.32 Å². The first-order chi connectivity index (χ1) is 12.8. The minimum Gasteiger partial charge on any atom is -0.367 e. The number of amides is 1. The van der Waals surface area contributed by atoms with E-state index in [9.17, 15) is 4.79 Å². The van der Waals surface area contributed by atoms with Gasteiger partial charge < -0.3 is 10.2 Å². The monoisotopic (exact) mass is 348 g/mol. The third kappa shape index (κ3) is 3.92. The first kappa shape index (κ1) is 17.1. The number of fused-ring (bicyclic) bond motifs is 1. The van der Waals surface area contributed by atoms with E-state index in [0.29, 0.717) is 6.04 Å². The van der Waals surface area contributed by atoms with Crippen LogP contribution in [0.25, 0.3) is 0 Å². The average molecular weight is 348 g/mol. The Bertz CT molecular complexity index is 747. The zero-order chi connectivity index (χ0) is 17.8. The standard InChI is InChI=1S/C23H28N2O/c26-23(24-21-9-2-1-3-10-21)20-14-12-18(13-15-20)17-25-16-6-8-19-7-4-5-11-22(19)25/h4-5,7,11-15,21H,1-3,6,8-10,16-17H2,(H,24,26). The number of nitrogens with zero attached hydrogens (tertiary/aromatic N) is 1. The van der Waals surface area contributed by atoms with Gasteiger partial charge in [0.2, 0.25) is 0 Å². The van der Waals surface area contributed by atoms with Gasteiger partial charge >= 0.3 is 0 Å². The molecule has 3 heteroatoms. The van der Waals surface area contributed by atoms with Gasteiger partial charge in [-0.2, -0.15) is 0 Å². The second-order valence-corrected chi connectivity index (χ2v) is 7.66. The van der Waals surface area contributed by atoms with Gasteiger partial charge in [-0.25, -0.2) is 0 Å². The molecule has 0 aromatic heterocycles. The summed E-state index contributed by atoms with van der Waals surface area (Å²) in [5.41, 5.74) is 4.84. The fraction of sp³-hybridized carbons (Fsp3) is 0.435. The summed E-state index contributed by atoms with van der Waals surface area (Å²) in [4.78, 5) is 14.9. The van der Waals surface area contributed by atoms with Crippen LogP contribution in [0.5, 0.6) is 0 Å². The Kier molecular flexibility index (Phi) is 5.24. The van der Waals surface area contributed by atoms with E-state index in [1.54, 1.807) is 0 Å². The molecule has 136 valence electrons. The third-order valence-corrected chi connectivity index (χ3v) is 5.74. The second-order valence-electron chi connectivity index (χ2n) is 7.66. The SMILES string of the molecule is O=C(NC1CCCCC1)c1ccc(CN2CCCc3ccccc32)cc1. The summed E-state index contributed by atoms with van der Waals surface area (Å²) in [7, 11) is 0. The molecule has 1 aliphatic heterocycles. The molecule has 0 spiro atoms. The van der Waals surface area contributed by atoms with E-state index in [-0.39, 0.29) is 5.91 Å². The predicted molar refractivity (Wildman–Crippen MR) is 107 cm³/mol. The molecule has 1 aliphatic carbocycles. The molecule has 26 heavy (non-hydrogen) atoms. The van der Waals surface area contributed by atoms with Crippen LogP contribution >= 0.6 is 0 Å². The second kappa shape index (κ2) is 7.94. The normalized spacial score (nSPS) is 17.6. The number of carbonyl (C=O) groups is 1. The maximum atomic E-state index is 12.5. The van der Waals surface area contributed by atoms with Gasteiger partial charge in [-0.05, 0) is 55.0 Å². The molecule has 3 nitrogen and oxygen atoms in total. The smallest absolute Gasteiger partial charge is 0.251 e. The van der Waals surface area contributed by atoms with Crippen LogP contribution in [0.3, 0.4) is 0 Å². The van der Waals surface area contributed by atoms with Gasteiger partial charge in [0.25, 0.3) is 5.91 Å². The van der Waals surface area contributed by atoms with Crippen LogP contribution in [0.4, 0.5) is 5.69 Å². The summed E-state index contributed by atoms with van der Waals surface area (Å²) < 4.78 is 0. The van der Waals surface area contributed by atoms with Gasteiger partial charge in [-0.15, -0.1) is 0 Å².